The molecular formula is C10H15NS2. The lowest BCUT2D eigenvalue weighted by Crippen LogP contribution is -1.84. The van der Waals surface area contributed by atoms with Crippen LogP contribution in [0.25, 0.3) is 0 Å². The summed E-state index contributed by atoms with van der Waals surface area (Å²) in [5.74, 6) is 1.96. The quantitative estimate of drug-likeness (QED) is 0.740. The number of thioether (sulfide) groups is 1. The molecule has 0 spiro atoms. The van der Waals surface area contributed by atoms with Crippen molar-refractivity contribution >= 4 is 23.1 Å². The van der Waals surface area contributed by atoms with Crippen LogP contribution in [0.4, 0.5) is 0 Å². The molecule has 1 aliphatic rings. The molecular weight excluding hydrogens is 198 g/mol. The van der Waals surface area contributed by atoms with Gasteiger partial charge in [0.05, 0.1) is 5.25 Å². The van der Waals surface area contributed by atoms with Gasteiger partial charge >= 0.3 is 0 Å². The van der Waals surface area contributed by atoms with E-state index in [4.69, 9.17) is 0 Å². The first-order chi connectivity index (χ1) is 6.27. The number of nitrogens with zero attached hydrogens (tertiary/aromatic N) is 1. The predicted molar refractivity (Wildman–Crippen MR) is 60.6 cm³/mol. The summed E-state index contributed by atoms with van der Waals surface area (Å²) >= 11 is 3.97. The van der Waals surface area contributed by atoms with Crippen LogP contribution in [-0.2, 0) is 0 Å². The fraction of sp³-hybridized carbons (Fsp3) is 0.700. The fourth-order valence-corrected chi connectivity index (χ4v) is 3.93. The molecule has 72 valence electrons. The summed E-state index contributed by atoms with van der Waals surface area (Å²) in [7, 11) is 0. The summed E-state index contributed by atoms with van der Waals surface area (Å²) in [6.45, 7) is 4.47. The standard InChI is InChI=1S/C10H15NS2/c1-7(2)9-6-11-10(13-9)8-4-3-5-12-8/h6-8H,3-5H2,1-2H3. The maximum atomic E-state index is 4.52. The Hall–Kier alpha value is -0.0200. The van der Waals surface area contributed by atoms with Gasteiger partial charge in [-0.15, -0.1) is 11.3 Å². The van der Waals surface area contributed by atoms with Crippen LogP contribution in [0, 0.1) is 0 Å². The van der Waals surface area contributed by atoms with Gasteiger partial charge in [0.25, 0.3) is 0 Å². The van der Waals surface area contributed by atoms with Crippen molar-refractivity contribution in [3.8, 4) is 0 Å². The average Bonchev–Trinajstić information content (AvgIpc) is 2.75. The molecule has 1 saturated heterocycles. The van der Waals surface area contributed by atoms with Crippen LogP contribution in [0.2, 0.25) is 0 Å². The smallest absolute Gasteiger partial charge is 0.106 e. The minimum absolute atomic E-state index is 0.637. The van der Waals surface area contributed by atoms with E-state index < -0.39 is 0 Å². The lowest BCUT2D eigenvalue weighted by atomic mass is 10.2. The van der Waals surface area contributed by atoms with Crippen molar-refractivity contribution < 1.29 is 0 Å². The minimum Gasteiger partial charge on any atom is -0.248 e. The zero-order valence-corrected chi connectivity index (χ0v) is 9.75. The maximum Gasteiger partial charge on any atom is 0.106 e. The highest BCUT2D eigenvalue weighted by atomic mass is 32.2. The molecule has 13 heavy (non-hydrogen) atoms. The Labute approximate surface area is 88.0 Å². The third-order valence-electron chi connectivity index (χ3n) is 2.32. The van der Waals surface area contributed by atoms with Gasteiger partial charge < -0.3 is 0 Å². The fourth-order valence-electron chi connectivity index (χ4n) is 1.49. The number of hydrogen-bond acceptors (Lipinski definition) is 3. The van der Waals surface area contributed by atoms with E-state index in [0.717, 1.165) is 0 Å². The van der Waals surface area contributed by atoms with Crippen LogP contribution in [-0.4, -0.2) is 10.7 Å². The van der Waals surface area contributed by atoms with Gasteiger partial charge in [0.15, 0.2) is 0 Å². The molecule has 2 heterocycles. The molecule has 0 aliphatic carbocycles. The minimum atomic E-state index is 0.637. The number of thiazole rings is 1. The largest absolute Gasteiger partial charge is 0.248 e. The van der Waals surface area contributed by atoms with E-state index in [2.05, 4.69) is 36.8 Å². The second kappa shape index (κ2) is 4.01. The Balaban J connectivity index is 2.12. The maximum absolute atomic E-state index is 4.52. The first kappa shape index (κ1) is 9.53. The molecule has 0 N–H and O–H groups in total. The third kappa shape index (κ3) is 2.08. The number of hydrogen-bond donors (Lipinski definition) is 0. The summed E-state index contributed by atoms with van der Waals surface area (Å²) in [6, 6.07) is 0. The molecule has 1 unspecified atom stereocenters. The van der Waals surface area contributed by atoms with Crippen molar-refractivity contribution in [2.75, 3.05) is 5.75 Å². The summed E-state index contributed by atoms with van der Waals surface area (Å²) in [4.78, 5) is 5.95. The number of aromatic nitrogens is 1. The summed E-state index contributed by atoms with van der Waals surface area (Å²) < 4.78 is 0. The normalized spacial score (nSPS) is 22.8. The van der Waals surface area contributed by atoms with Gasteiger partial charge in [-0.25, -0.2) is 4.98 Å². The van der Waals surface area contributed by atoms with E-state index >= 15 is 0 Å². The van der Waals surface area contributed by atoms with Crippen molar-refractivity contribution in [3.63, 3.8) is 0 Å². The molecule has 0 radical (unpaired) electrons. The van der Waals surface area contributed by atoms with E-state index in [1.54, 1.807) is 0 Å². The van der Waals surface area contributed by atoms with Crippen LogP contribution in [0.15, 0.2) is 6.20 Å². The van der Waals surface area contributed by atoms with Gasteiger partial charge in [-0.2, -0.15) is 11.8 Å². The molecule has 0 aromatic carbocycles. The highest BCUT2D eigenvalue weighted by Crippen LogP contribution is 2.42. The van der Waals surface area contributed by atoms with Crippen molar-refractivity contribution in [1.29, 1.82) is 0 Å². The second-order valence-corrected chi connectivity index (χ2v) is 6.16. The predicted octanol–water partition coefficient (Wildman–Crippen LogP) is 3.83. The van der Waals surface area contributed by atoms with Crippen molar-refractivity contribution in [2.45, 2.75) is 37.9 Å². The van der Waals surface area contributed by atoms with E-state index in [0.29, 0.717) is 11.2 Å². The number of rotatable bonds is 2. The average molecular weight is 213 g/mol. The highest BCUT2D eigenvalue weighted by Gasteiger charge is 2.20. The van der Waals surface area contributed by atoms with E-state index in [1.807, 2.05) is 11.3 Å². The van der Waals surface area contributed by atoms with E-state index in [-0.39, 0.29) is 0 Å². The SMILES string of the molecule is CC(C)c1cnc(C2CCCS2)s1. The van der Waals surface area contributed by atoms with Crippen molar-refractivity contribution in [1.82, 2.24) is 4.98 Å². The van der Waals surface area contributed by atoms with E-state index in [1.165, 1.54) is 28.5 Å². The topological polar surface area (TPSA) is 12.9 Å². The zero-order valence-electron chi connectivity index (χ0n) is 8.12. The van der Waals surface area contributed by atoms with E-state index in [9.17, 15) is 0 Å². The molecule has 0 amide bonds. The zero-order chi connectivity index (χ0) is 9.26. The van der Waals surface area contributed by atoms with Crippen LogP contribution >= 0.6 is 23.1 Å². The molecule has 0 bridgehead atoms. The summed E-state index contributed by atoms with van der Waals surface area (Å²) in [5.41, 5.74) is 0. The van der Waals surface area contributed by atoms with Gasteiger partial charge in [0.2, 0.25) is 0 Å². The molecule has 0 saturated carbocycles. The highest BCUT2D eigenvalue weighted by molar-refractivity contribution is 7.99. The van der Waals surface area contributed by atoms with Gasteiger partial charge in [-0.05, 0) is 24.5 Å². The van der Waals surface area contributed by atoms with Gasteiger partial charge in [0, 0.05) is 11.1 Å². The summed E-state index contributed by atoms with van der Waals surface area (Å²) in [6.07, 6.45) is 4.76. The van der Waals surface area contributed by atoms with Crippen molar-refractivity contribution in [2.24, 2.45) is 0 Å². The molecule has 1 aromatic heterocycles. The molecule has 1 atom stereocenters. The molecule has 1 fully saturated rings. The Bertz CT molecular complexity index is 274. The van der Waals surface area contributed by atoms with Crippen molar-refractivity contribution in [3.05, 3.63) is 16.1 Å². The monoisotopic (exact) mass is 213 g/mol. The molecule has 2 rings (SSSR count). The van der Waals surface area contributed by atoms with Crippen LogP contribution in [0.1, 0.15) is 47.7 Å². The summed E-state index contributed by atoms with van der Waals surface area (Å²) in [5, 5.41) is 2.06. The Morgan fingerprint density at radius 2 is 2.38 bits per heavy atom. The lowest BCUT2D eigenvalue weighted by Gasteiger charge is -2.02. The van der Waals surface area contributed by atoms with Gasteiger partial charge in [-0.1, -0.05) is 13.8 Å². The second-order valence-electron chi connectivity index (χ2n) is 3.76. The Morgan fingerprint density at radius 3 is 2.92 bits per heavy atom. The molecule has 1 nitrogen and oxygen atoms in total. The van der Waals surface area contributed by atoms with Gasteiger partial charge in [-0.3, -0.25) is 0 Å². The Morgan fingerprint density at radius 1 is 1.54 bits per heavy atom. The van der Waals surface area contributed by atoms with Crippen LogP contribution < -0.4 is 0 Å². The van der Waals surface area contributed by atoms with Crippen LogP contribution in [0.5, 0.6) is 0 Å². The molecule has 1 aromatic rings. The Kier molecular flexibility index (Phi) is 2.94. The lowest BCUT2D eigenvalue weighted by molar-refractivity contribution is 0.822. The molecule has 3 heteroatoms. The first-order valence-corrected chi connectivity index (χ1v) is 6.71. The first-order valence-electron chi connectivity index (χ1n) is 4.84. The van der Waals surface area contributed by atoms with Gasteiger partial charge in [0.1, 0.15) is 5.01 Å². The third-order valence-corrected chi connectivity index (χ3v) is 5.26. The molecule has 1 aliphatic heterocycles. The van der Waals surface area contributed by atoms with Crippen LogP contribution in [0.3, 0.4) is 0 Å².